The fourth-order valence-corrected chi connectivity index (χ4v) is 4.98. The predicted octanol–water partition coefficient (Wildman–Crippen LogP) is 2.08. The molecule has 1 aromatic rings. The summed E-state index contributed by atoms with van der Waals surface area (Å²) in [6.07, 6.45) is 2.89. The predicted molar refractivity (Wildman–Crippen MR) is 131 cm³/mol. The zero-order chi connectivity index (χ0) is 25.2. The van der Waals surface area contributed by atoms with Crippen molar-refractivity contribution < 1.29 is 23.9 Å². The molecule has 9 heteroatoms. The first-order valence-corrected chi connectivity index (χ1v) is 12.6. The number of hydrogen-bond acceptors (Lipinski definition) is 7. The molecule has 0 spiro atoms. The third kappa shape index (κ3) is 6.20. The molecule has 0 aromatic heterocycles. The van der Waals surface area contributed by atoms with Crippen LogP contribution in [-0.4, -0.2) is 77.9 Å². The summed E-state index contributed by atoms with van der Waals surface area (Å²) in [7, 11) is 0. The van der Waals surface area contributed by atoms with Gasteiger partial charge in [0.15, 0.2) is 0 Å². The molecule has 1 atom stereocenters. The van der Waals surface area contributed by atoms with Crippen molar-refractivity contribution in [3.05, 3.63) is 29.3 Å². The molecule has 3 heterocycles. The Kier molecular flexibility index (Phi) is 7.44. The number of amides is 3. The van der Waals surface area contributed by atoms with Crippen molar-refractivity contribution in [3.8, 4) is 0 Å². The lowest BCUT2D eigenvalue weighted by Gasteiger charge is -2.36. The smallest absolute Gasteiger partial charge is 0.306 e. The van der Waals surface area contributed by atoms with E-state index in [0.717, 1.165) is 56.8 Å². The lowest BCUT2D eigenvalue weighted by atomic mass is 10.0. The number of nitrogens with one attached hydrogen (secondary N) is 1. The Hall–Kier alpha value is -2.94. The molecule has 0 saturated carbocycles. The molecule has 0 radical (unpaired) electrons. The number of anilines is 1. The minimum atomic E-state index is -0.588. The Bertz CT molecular complexity index is 994. The largest absolute Gasteiger partial charge is 0.460 e. The topological polar surface area (TPSA) is 99.3 Å². The van der Waals surface area contributed by atoms with Gasteiger partial charge >= 0.3 is 5.97 Å². The molecule has 2 saturated heterocycles. The molecule has 1 aromatic carbocycles. The molecule has 1 N–H and O–H groups in total. The maximum absolute atomic E-state index is 12.9. The van der Waals surface area contributed by atoms with E-state index in [1.54, 1.807) is 4.90 Å². The number of benzene rings is 1. The van der Waals surface area contributed by atoms with E-state index in [0.29, 0.717) is 24.9 Å². The number of imide groups is 1. The third-order valence-electron chi connectivity index (χ3n) is 6.77. The average Bonchev–Trinajstić information content (AvgIpc) is 3.11. The molecule has 0 bridgehead atoms. The maximum atomic E-state index is 12.9. The summed E-state index contributed by atoms with van der Waals surface area (Å²) in [5, 5.41) is 2.35. The second kappa shape index (κ2) is 10.4. The van der Waals surface area contributed by atoms with Crippen molar-refractivity contribution >= 4 is 29.4 Å². The van der Waals surface area contributed by atoms with E-state index in [1.807, 2.05) is 32.9 Å². The van der Waals surface area contributed by atoms with Gasteiger partial charge in [0.25, 0.3) is 5.91 Å². The molecule has 3 amide bonds. The van der Waals surface area contributed by atoms with Crippen molar-refractivity contribution in [2.75, 3.05) is 37.6 Å². The Labute approximate surface area is 206 Å². The van der Waals surface area contributed by atoms with Gasteiger partial charge in [0.2, 0.25) is 11.8 Å². The number of carbonyl (C=O) groups excluding carboxylic acids is 4. The van der Waals surface area contributed by atoms with Crippen LogP contribution in [0.2, 0.25) is 0 Å². The van der Waals surface area contributed by atoms with Crippen molar-refractivity contribution in [2.24, 2.45) is 0 Å². The second-order valence-electron chi connectivity index (χ2n) is 10.6. The highest BCUT2D eigenvalue weighted by molar-refractivity contribution is 6.05. The molecule has 0 unspecified atom stereocenters. The molecule has 9 nitrogen and oxygen atoms in total. The van der Waals surface area contributed by atoms with Gasteiger partial charge in [-0.3, -0.25) is 29.4 Å². The van der Waals surface area contributed by atoms with Crippen LogP contribution in [0.5, 0.6) is 0 Å². The van der Waals surface area contributed by atoms with Crippen LogP contribution in [0.25, 0.3) is 0 Å². The highest BCUT2D eigenvalue weighted by atomic mass is 16.6. The van der Waals surface area contributed by atoms with E-state index in [1.165, 1.54) is 0 Å². The Morgan fingerprint density at radius 2 is 1.83 bits per heavy atom. The maximum Gasteiger partial charge on any atom is 0.306 e. The summed E-state index contributed by atoms with van der Waals surface area (Å²) >= 11 is 0. The monoisotopic (exact) mass is 484 g/mol. The number of fused-ring (bicyclic) bond motifs is 1. The molecular formula is C26H36N4O5. The number of esters is 1. The molecule has 2 fully saturated rings. The first kappa shape index (κ1) is 25.2. The molecule has 190 valence electrons. The third-order valence-corrected chi connectivity index (χ3v) is 6.77. The van der Waals surface area contributed by atoms with Crippen molar-refractivity contribution in [1.29, 1.82) is 0 Å². The fraction of sp³-hybridized carbons (Fsp3) is 0.615. The second-order valence-corrected chi connectivity index (χ2v) is 10.6. The summed E-state index contributed by atoms with van der Waals surface area (Å²) in [6.45, 7) is 10.7. The average molecular weight is 485 g/mol. The molecule has 3 aliphatic heterocycles. The zero-order valence-electron chi connectivity index (χ0n) is 21.0. The van der Waals surface area contributed by atoms with Crippen LogP contribution in [-0.2, 0) is 25.7 Å². The number of carbonyl (C=O) groups is 4. The summed E-state index contributed by atoms with van der Waals surface area (Å²) in [6, 6.07) is 5.33. The normalized spacial score (nSPS) is 21.2. The van der Waals surface area contributed by atoms with Gasteiger partial charge in [0.1, 0.15) is 11.6 Å². The van der Waals surface area contributed by atoms with Gasteiger partial charge in [-0.2, -0.15) is 0 Å². The van der Waals surface area contributed by atoms with Gasteiger partial charge in [0, 0.05) is 56.8 Å². The fourth-order valence-electron chi connectivity index (χ4n) is 4.98. The number of nitrogens with zero attached hydrogens (tertiary/aromatic N) is 3. The van der Waals surface area contributed by atoms with Crippen molar-refractivity contribution in [2.45, 2.75) is 71.1 Å². The molecule has 4 rings (SSSR count). The number of unbranched alkanes of at least 4 members (excludes halogenated alkanes) is 1. The van der Waals surface area contributed by atoms with Crippen molar-refractivity contribution in [3.63, 3.8) is 0 Å². The molecule has 3 aliphatic rings. The van der Waals surface area contributed by atoms with E-state index in [2.05, 4.69) is 21.2 Å². The number of hydrogen-bond donors (Lipinski definition) is 1. The first-order valence-electron chi connectivity index (χ1n) is 12.6. The van der Waals surface area contributed by atoms with Crippen molar-refractivity contribution in [1.82, 2.24) is 15.1 Å². The summed E-state index contributed by atoms with van der Waals surface area (Å²) in [5.41, 5.74) is 2.23. The lowest BCUT2D eigenvalue weighted by molar-refractivity contribution is -0.155. The number of piperazine rings is 1. The van der Waals surface area contributed by atoms with Crippen LogP contribution in [0.1, 0.15) is 68.8 Å². The number of rotatable bonds is 7. The minimum Gasteiger partial charge on any atom is -0.460 e. The molecular weight excluding hydrogens is 448 g/mol. The minimum absolute atomic E-state index is 0.131. The lowest BCUT2D eigenvalue weighted by Crippen LogP contribution is -2.52. The SMILES string of the molecule is CC(C)(C)OC(=O)CCCCN1CCN(c2ccc3c(c2)CN([C@H]2CCC(=O)NC2=O)C3=O)CC1. The van der Waals surface area contributed by atoms with Crippen LogP contribution in [0.15, 0.2) is 18.2 Å². The van der Waals surface area contributed by atoms with Crippen LogP contribution >= 0.6 is 0 Å². The van der Waals surface area contributed by atoms with Crippen LogP contribution < -0.4 is 10.2 Å². The highest BCUT2D eigenvalue weighted by Gasteiger charge is 2.39. The Morgan fingerprint density at radius 1 is 1.09 bits per heavy atom. The van der Waals surface area contributed by atoms with E-state index in [-0.39, 0.29) is 30.1 Å². The van der Waals surface area contributed by atoms with Gasteiger partial charge in [-0.1, -0.05) is 0 Å². The first-order chi connectivity index (χ1) is 16.6. The Balaban J connectivity index is 1.24. The summed E-state index contributed by atoms with van der Waals surface area (Å²) < 4.78 is 5.37. The van der Waals surface area contributed by atoms with Gasteiger partial charge in [-0.15, -0.1) is 0 Å². The summed E-state index contributed by atoms with van der Waals surface area (Å²) in [5.74, 6) is -0.935. The van der Waals surface area contributed by atoms with E-state index < -0.39 is 11.6 Å². The summed E-state index contributed by atoms with van der Waals surface area (Å²) in [4.78, 5) is 54.8. The number of ether oxygens (including phenoxy) is 1. The van der Waals surface area contributed by atoms with E-state index in [9.17, 15) is 19.2 Å². The number of piperidine rings is 1. The van der Waals surface area contributed by atoms with Crippen LogP contribution in [0.4, 0.5) is 5.69 Å². The quantitative estimate of drug-likeness (QED) is 0.359. The van der Waals surface area contributed by atoms with Gasteiger partial charge in [-0.25, -0.2) is 0 Å². The van der Waals surface area contributed by atoms with Crippen LogP contribution in [0, 0.1) is 0 Å². The molecule has 35 heavy (non-hydrogen) atoms. The van der Waals surface area contributed by atoms with Crippen LogP contribution in [0.3, 0.4) is 0 Å². The van der Waals surface area contributed by atoms with Gasteiger partial charge in [0.05, 0.1) is 0 Å². The highest BCUT2D eigenvalue weighted by Crippen LogP contribution is 2.31. The van der Waals surface area contributed by atoms with E-state index in [4.69, 9.17) is 4.74 Å². The van der Waals surface area contributed by atoms with Gasteiger partial charge in [-0.05, 0) is 70.3 Å². The zero-order valence-corrected chi connectivity index (χ0v) is 21.0. The van der Waals surface area contributed by atoms with E-state index >= 15 is 0 Å². The van der Waals surface area contributed by atoms with Gasteiger partial charge < -0.3 is 14.5 Å². The standard InChI is InChI=1S/C26H36N4O5/c1-26(2,3)35-23(32)6-4-5-11-28-12-14-29(15-13-28)19-7-8-20-18(16-19)17-30(25(20)34)21-9-10-22(31)27-24(21)33/h7-8,16,21H,4-6,9-15,17H2,1-3H3,(H,27,31,33)/t21-/m0/s1. The Morgan fingerprint density at radius 3 is 2.51 bits per heavy atom. The molecule has 0 aliphatic carbocycles.